The van der Waals surface area contributed by atoms with Crippen molar-refractivity contribution in [3.8, 4) is 0 Å². The van der Waals surface area contributed by atoms with Gasteiger partial charge < -0.3 is 25.8 Å². The molecular formula is C24H25Cl2N7O. The maximum absolute atomic E-state index is 11.5. The van der Waals surface area contributed by atoms with Gasteiger partial charge in [0, 0.05) is 31.9 Å². The van der Waals surface area contributed by atoms with E-state index in [0.717, 1.165) is 37.6 Å². The number of amides is 1. The summed E-state index contributed by atoms with van der Waals surface area (Å²) in [5, 5.41) is 9.86. The van der Waals surface area contributed by atoms with Crippen LogP contribution in [0.2, 0.25) is 10.0 Å². The highest BCUT2D eigenvalue weighted by molar-refractivity contribution is 6.34. The van der Waals surface area contributed by atoms with Crippen molar-refractivity contribution in [1.29, 1.82) is 0 Å². The fourth-order valence-corrected chi connectivity index (χ4v) is 3.92. The Morgan fingerprint density at radius 2 is 1.79 bits per heavy atom. The summed E-state index contributed by atoms with van der Waals surface area (Å²) < 4.78 is 0. The van der Waals surface area contributed by atoms with Crippen LogP contribution in [0.5, 0.6) is 0 Å². The Morgan fingerprint density at radius 1 is 1.03 bits per heavy atom. The number of carbonyl (C=O) groups excluding carboxylic acids is 1. The highest BCUT2D eigenvalue weighted by Gasteiger charge is 2.17. The van der Waals surface area contributed by atoms with Gasteiger partial charge in [-0.2, -0.15) is 4.98 Å². The van der Waals surface area contributed by atoms with Gasteiger partial charge in [0.2, 0.25) is 11.9 Å². The third-order valence-electron chi connectivity index (χ3n) is 5.41. The van der Waals surface area contributed by atoms with Crippen molar-refractivity contribution in [3.63, 3.8) is 0 Å². The molecule has 0 bridgehead atoms. The van der Waals surface area contributed by atoms with Crippen LogP contribution in [0.1, 0.15) is 0 Å². The lowest BCUT2D eigenvalue weighted by molar-refractivity contribution is -0.111. The molecule has 1 fully saturated rings. The number of hydrogen-bond donors (Lipinski definition) is 3. The maximum Gasteiger partial charge on any atom is 0.247 e. The van der Waals surface area contributed by atoms with Gasteiger partial charge in [-0.3, -0.25) is 4.79 Å². The SMILES string of the molecule is C=CC(=O)Nc1ccc(Nc2nc(Nc3ccccc3N3CCN(C)CC3)ncc2Cl)cc1Cl. The molecule has 0 saturated carbocycles. The Bertz CT molecular complexity index is 1200. The van der Waals surface area contributed by atoms with Crippen LogP contribution in [0.4, 0.5) is 34.5 Å². The van der Waals surface area contributed by atoms with Crippen molar-refractivity contribution in [2.75, 3.05) is 54.1 Å². The molecule has 0 radical (unpaired) electrons. The van der Waals surface area contributed by atoms with Crippen LogP contribution in [0.15, 0.2) is 61.3 Å². The molecule has 1 aliphatic heterocycles. The summed E-state index contributed by atoms with van der Waals surface area (Å²) in [5.74, 6) is 0.499. The molecule has 1 saturated heterocycles. The standard InChI is InChI=1S/C24H25Cl2N7O/c1-3-22(34)29-19-9-8-16(14-17(19)25)28-23-18(26)15-27-24(31-23)30-20-6-4-5-7-21(20)33-12-10-32(2)11-13-33/h3-9,14-15H,1,10-13H2,2H3,(H,29,34)(H2,27,28,30,31). The second-order valence-electron chi connectivity index (χ2n) is 7.84. The zero-order valence-corrected chi connectivity index (χ0v) is 20.2. The highest BCUT2D eigenvalue weighted by atomic mass is 35.5. The largest absolute Gasteiger partial charge is 0.367 e. The van der Waals surface area contributed by atoms with E-state index in [9.17, 15) is 4.79 Å². The molecule has 1 amide bonds. The van der Waals surface area contributed by atoms with Crippen molar-refractivity contribution in [1.82, 2.24) is 14.9 Å². The van der Waals surface area contributed by atoms with Gasteiger partial charge in [0.1, 0.15) is 5.02 Å². The number of para-hydroxylation sites is 2. The van der Waals surface area contributed by atoms with E-state index in [-0.39, 0.29) is 5.91 Å². The van der Waals surface area contributed by atoms with Gasteiger partial charge in [-0.15, -0.1) is 0 Å². The predicted octanol–water partition coefficient (Wildman–Crippen LogP) is 5.15. The number of aromatic nitrogens is 2. The van der Waals surface area contributed by atoms with E-state index in [0.29, 0.717) is 33.2 Å². The van der Waals surface area contributed by atoms with Crippen LogP contribution in [0.25, 0.3) is 0 Å². The monoisotopic (exact) mass is 497 g/mol. The Morgan fingerprint density at radius 3 is 2.53 bits per heavy atom. The number of nitrogens with zero attached hydrogens (tertiary/aromatic N) is 4. The van der Waals surface area contributed by atoms with Crippen LogP contribution < -0.4 is 20.9 Å². The molecule has 34 heavy (non-hydrogen) atoms. The number of benzene rings is 2. The smallest absolute Gasteiger partial charge is 0.247 e. The van der Waals surface area contributed by atoms with Crippen molar-refractivity contribution >= 4 is 63.6 Å². The third-order valence-corrected chi connectivity index (χ3v) is 6.00. The first-order chi connectivity index (χ1) is 16.4. The molecule has 2 heterocycles. The summed E-state index contributed by atoms with van der Waals surface area (Å²) in [5.41, 5.74) is 3.16. The van der Waals surface area contributed by atoms with E-state index in [1.165, 1.54) is 12.3 Å². The lowest BCUT2D eigenvalue weighted by Gasteiger charge is -2.35. The summed E-state index contributed by atoms with van der Waals surface area (Å²) in [7, 11) is 2.13. The van der Waals surface area contributed by atoms with Gasteiger partial charge in [-0.05, 0) is 43.5 Å². The summed E-state index contributed by atoms with van der Waals surface area (Å²) in [6.45, 7) is 7.36. The Balaban J connectivity index is 1.52. The van der Waals surface area contributed by atoms with Crippen LogP contribution >= 0.6 is 23.2 Å². The van der Waals surface area contributed by atoms with Crippen LogP contribution in [-0.2, 0) is 4.79 Å². The normalized spacial score (nSPS) is 13.9. The van der Waals surface area contributed by atoms with Crippen LogP contribution in [0, 0.1) is 0 Å². The quantitative estimate of drug-likeness (QED) is 0.389. The van der Waals surface area contributed by atoms with E-state index < -0.39 is 0 Å². The zero-order valence-electron chi connectivity index (χ0n) is 18.7. The van der Waals surface area contributed by atoms with E-state index >= 15 is 0 Å². The topological polar surface area (TPSA) is 85.4 Å². The highest BCUT2D eigenvalue weighted by Crippen LogP contribution is 2.32. The lowest BCUT2D eigenvalue weighted by atomic mass is 10.2. The number of hydrogen-bond acceptors (Lipinski definition) is 7. The minimum Gasteiger partial charge on any atom is -0.367 e. The first-order valence-electron chi connectivity index (χ1n) is 10.7. The number of anilines is 6. The Hall–Kier alpha value is -3.33. The number of nitrogens with one attached hydrogen (secondary N) is 3. The fourth-order valence-electron chi connectivity index (χ4n) is 3.55. The van der Waals surface area contributed by atoms with Crippen molar-refractivity contribution in [2.24, 2.45) is 0 Å². The minimum atomic E-state index is -0.339. The van der Waals surface area contributed by atoms with E-state index in [2.05, 4.69) is 55.4 Å². The number of piperazine rings is 1. The number of halogens is 2. The molecule has 1 aromatic heterocycles. The summed E-state index contributed by atoms with van der Waals surface area (Å²) >= 11 is 12.6. The van der Waals surface area contributed by atoms with E-state index in [1.807, 2.05) is 18.2 Å². The third kappa shape index (κ3) is 5.77. The Labute approximate surface area is 208 Å². The molecule has 0 aliphatic carbocycles. The lowest BCUT2D eigenvalue weighted by Crippen LogP contribution is -2.44. The zero-order chi connectivity index (χ0) is 24.1. The molecule has 0 atom stereocenters. The average molecular weight is 498 g/mol. The van der Waals surface area contributed by atoms with Gasteiger partial charge in [-0.25, -0.2) is 4.98 Å². The van der Waals surface area contributed by atoms with Crippen molar-refractivity contribution in [2.45, 2.75) is 0 Å². The molecule has 3 aromatic rings. The van der Waals surface area contributed by atoms with Crippen molar-refractivity contribution < 1.29 is 4.79 Å². The maximum atomic E-state index is 11.5. The molecular weight excluding hydrogens is 473 g/mol. The summed E-state index contributed by atoms with van der Waals surface area (Å²) in [6.07, 6.45) is 2.72. The second kappa shape index (κ2) is 10.7. The van der Waals surface area contributed by atoms with E-state index in [4.69, 9.17) is 23.2 Å². The Kier molecular flexibility index (Phi) is 7.52. The van der Waals surface area contributed by atoms with Gasteiger partial charge in [-0.1, -0.05) is 41.9 Å². The first kappa shape index (κ1) is 23.8. The second-order valence-corrected chi connectivity index (χ2v) is 8.65. The predicted molar refractivity (Wildman–Crippen MR) is 140 cm³/mol. The number of likely N-dealkylation sites (N-methyl/N-ethyl adjacent to an activating group) is 1. The molecule has 4 rings (SSSR count). The van der Waals surface area contributed by atoms with Gasteiger partial charge >= 0.3 is 0 Å². The molecule has 10 heteroatoms. The fraction of sp³-hybridized carbons (Fsp3) is 0.208. The molecule has 0 spiro atoms. The van der Waals surface area contributed by atoms with Crippen LogP contribution in [0.3, 0.4) is 0 Å². The molecule has 1 aliphatic rings. The minimum absolute atomic E-state index is 0.339. The average Bonchev–Trinajstić information content (AvgIpc) is 2.84. The summed E-state index contributed by atoms with van der Waals surface area (Å²) in [4.78, 5) is 25.1. The van der Waals surface area contributed by atoms with E-state index in [1.54, 1.807) is 18.2 Å². The van der Waals surface area contributed by atoms with Crippen LogP contribution in [-0.4, -0.2) is 54.0 Å². The first-order valence-corrected chi connectivity index (χ1v) is 11.5. The number of rotatable bonds is 7. The van der Waals surface area contributed by atoms with Gasteiger partial charge in [0.05, 0.1) is 28.3 Å². The van der Waals surface area contributed by atoms with Crippen molar-refractivity contribution in [3.05, 3.63) is 71.4 Å². The molecule has 0 unspecified atom stereocenters. The summed E-state index contributed by atoms with van der Waals surface area (Å²) in [6, 6.07) is 13.2. The molecule has 2 aromatic carbocycles. The van der Waals surface area contributed by atoms with Gasteiger partial charge in [0.25, 0.3) is 0 Å². The molecule has 3 N–H and O–H groups in total. The molecule has 8 nitrogen and oxygen atoms in total. The molecule has 176 valence electrons. The number of carbonyl (C=O) groups is 1. The van der Waals surface area contributed by atoms with Gasteiger partial charge in [0.15, 0.2) is 5.82 Å².